The van der Waals surface area contributed by atoms with Crippen LogP contribution in [-0.2, 0) is 4.79 Å². The van der Waals surface area contributed by atoms with Gasteiger partial charge in [0.25, 0.3) is 11.8 Å². The van der Waals surface area contributed by atoms with Gasteiger partial charge < -0.3 is 9.73 Å². The van der Waals surface area contributed by atoms with Gasteiger partial charge in [-0.3, -0.25) is 14.5 Å². The van der Waals surface area contributed by atoms with Crippen LogP contribution in [0, 0.1) is 0 Å². The molecule has 1 aromatic carbocycles. The molecule has 1 aliphatic rings. The lowest BCUT2D eigenvalue weighted by Crippen LogP contribution is -2.47. The summed E-state index contributed by atoms with van der Waals surface area (Å²) in [6, 6.07) is 12.5. The summed E-state index contributed by atoms with van der Waals surface area (Å²) in [4.78, 5) is 27.1. The Hall–Kier alpha value is -2.93. The second-order valence-corrected chi connectivity index (χ2v) is 7.48. The Kier molecular flexibility index (Phi) is 8.65. The van der Waals surface area contributed by atoms with Gasteiger partial charge in [-0.1, -0.05) is 24.6 Å². The maximum Gasteiger partial charge on any atom is 0.257 e. The molecule has 2 aromatic rings. The molecule has 0 aliphatic carbocycles. The van der Waals surface area contributed by atoms with E-state index in [1.807, 2.05) is 18.2 Å². The highest BCUT2D eigenvalue weighted by molar-refractivity contribution is 5.94. The summed E-state index contributed by atoms with van der Waals surface area (Å²) in [5.74, 6) is 0.445. The molecule has 0 spiro atoms. The van der Waals surface area contributed by atoms with Crippen molar-refractivity contribution in [3.8, 4) is 0 Å². The van der Waals surface area contributed by atoms with E-state index in [0.717, 1.165) is 45.2 Å². The molecular formula is C23H30N4O3. The molecule has 2 N–H and O–H groups in total. The normalized spacial score (nSPS) is 15.7. The van der Waals surface area contributed by atoms with E-state index in [4.69, 9.17) is 4.42 Å². The molecule has 1 unspecified atom stereocenters. The number of hydrogen-bond donors (Lipinski definition) is 2. The van der Waals surface area contributed by atoms with E-state index in [1.165, 1.54) is 12.6 Å². The minimum Gasteiger partial charge on any atom is -0.463 e. The largest absolute Gasteiger partial charge is 0.463 e. The average Bonchev–Trinajstić information content (AvgIpc) is 3.30. The van der Waals surface area contributed by atoms with E-state index < -0.39 is 0 Å². The van der Waals surface area contributed by atoms with Crippen molar-refractivity contribution in [3.05, 3.63) is 60.1 Å². The van der Waals surface area contributed by atoms with Gasteiger partial charge >= 0.3 is 0 Å². The first kappa shape index (κ1) is 21.8. The highest BCUT2D eigenvalue weighted by atomic mass is 16.3. The van der Waals surface area contributed by atoms with Gasteiger partial charge in [0.1, 0.15) is 5.76 Å². The van der Waals surface area contributed by atoms with Gasteiger partial charge in [0.15, 0.2) is 0 Å². The van der Waals surface area contributed by atoms with Gasteiger partial charge in [-0.15, -0.1) is 0 Å². The summed E-state index contributed by atoms with van der Waals surface area (Å²) in [7, 11) is 0. The van der Waals surface area contributed by atoms with Crippen molar-refractivity contribution in [1.82, 2.24) is 15.6 Å². The second-order valence-electron chi connectivity index (χ2n) is 7.48. The number of likely N-dealkylation sites (tertiary alicyclic amines) is 1. The minimum absolute atomic E-state index is 0.0619. The van der Waals surface area contributed by atoms with Crippen LogP contribution in [0.4, 0.5) is 0 Å². The predicted octanol–water partition coefficient (Wildman–Crippen LogP) is 3.18. The summed E-state index contributed by atoms with van der Waals surface area (Å²) in [6.07, 6.45) is 8.94. The van der Waals surface area contributed by atoms with Gasteiger partial charge in [0.05, 0.1) is 18.5 Å². The van der Waals surface area contributed by atoms with Crippen molar-refractivity contribution < 1.29 is 14.0 Å². The molecule has 3 rings (SSSR count). The van der Waals surface area contributed by atoms with Crippen molar-refractivity contribution in [2.45, 2.75) is 44.6 Å². The standard InChI is InChI=1S/C23H30N4O3/c28-22(19-10-3-1-4-11-19)24-14-6-5-13-21(27-15-7-2-8-16-27)23(29)26-25-18-20-12-9-17-30-20/h1,3-4,9-12,17-18,21H,2,5-8,13-16H2,(H,24,28)(H,26,29)/b25-18+. The lowest BCUT2D eigenvalue weighted by atomic mass is 10.0. The number of rotatable bonds is 10. The first-order valence-corrected chi connectivity index (χ1v) is 10.7. The molecular weight excluding hydrogens is 380 g/mol. The number of nitrogens with zero attached hydrogens (tertiary/aromatic N) is 2. The Labute approximate surface area is 177 Å². The number of nitrogens with one attached hydrogen (secondary N) is 2. The van der Waals surface area contributed by atoms with E-state index in [-0.39, 0.29) is 17.9 Å². The van der Waals surface area contributed by atoms with E-state index in [2.05, 4.69) is 20.7 Å². The van der Waals surface area contributed by atoms with Crippen LogP contribution in [0.2, 0.25) is 0 Å². The summed E-state index contributed by atoms with van der Waals surface area (Å²) < 4.78 is 5.19. The highest BCUT2D eigenvalue weighted by Gasteiger charge is 2.26. The van der Waals surface area contributed by atoms with Crippen molar-refractivity contribution in [1.29, 1.82) is 0 Å². The molecule has 1 saturated heterocycles. The maximum atomic E-state index is 12.8. The first-order valence-electron chi connectivity index (χ1n) is 10.7. The highest BCUT2D eigenvalue weighted by Crippen LogP contribution is 2.16. The van der Waals surface area contributed by atoms with Crippen molar-refractivity contribution in [3.63, 3.8) is 0 Å². The molecule has 7 heteroatoms. The quantitative estimate of drug-likeness (QED) is 0.358. The molecule has 7 nitrogen and oxygen atoms in total. The fourth-order valence-electron chi connectivity index (χ4n) is 3.66. The molecule has 2 heterocycles. The molecule has 30 heavy (non-hydrogen) atoms. The average molecular weight is 411 g/mol. The van der Waals surface area contributed by atoms with Gasteiger partial charge in [0.2, 0.25) is 0 Å². The number of amides is 2. The maximum absolute atomic E-state index is 12.8. The van der Waals surface area contributed by atoms with Crippen LogP contribution in [0.1, 0.15) is 54.6 Å². The van der Waals surface area contributed by atoms with Crippen LogP contribution in [-0.4, -0.2) is 48.6 Å². The van der Waals surface area contributed by atoms with Gasteiger partial charge in [-0.2, -0.15) is 5.10 Å². The number of unbranched alkanes of at least 4 members (excludes halogenated alkanes) is 1. The Morgan fingerprint density at radius 1 is 1.07 bits per heavy atom. The molecule has 1 aliphatic heterocycles. The zero-order valence-electron chi connectivity index (χ0n) is 17.3. The Morgan fingerprint density at radius 2 is 1.87 bits per heavy atom. The predicted molar refractivity (Wildman–Crippen MR) is 116 cm³/mol. The molecule has 160 valence electrons. The third kappa shape index (κ3) is 6.84. The first-order chi connectivity index (χ1) is 14.7. The van der Waals surface area contributed by atoms with Crippen LogP contribution in [0.3, 0.4) is 0 Å². The fourth-order valence-corrected chi connectivity index (χ4v) is 3.66. The monoisotopic (exact) mass is 410 g/mol. The van der Waals surface area contributed by atoms with Crippen LogP contribution in [0.25, 0.3) is 0 Å². The molecule has 0 bridgehead atoms. The number of carbonyl (C=O) groups is 2. The third-order valence-electron chi connectivity index (χ3n) is 5.27. The van der Waals surface area contributed by atoms with Crippen LogP contribution < -0.4 is 10.7 Å². The molecule has 1 fully saturated rings. The van der Waals surface area contributed by atoms with Gasteiger partial charge in [0, 0.05) is 12.1 Å². The number of carbonyl (C=O) groups excluding carboxylic acids is 2. The van der Waals surface area contributed by atoms with Crippen molar-refractivity contribution >= 4 is 18.0 Å². The molecule has 0 saturated carbocycles. The van der Waals surface area contributed by atoms with E-state index in [1.54, 1.807) is 30.5 Å². The minimum atomic E-state index is -0.205. The van der Waals surface area contributed by atoms with E-state index >= 15 is 0 Å². The second kappa shape index (κ2) is 11.9. The Bertz CT molecular complexity index is 799. The van der Waals surface area contributed by atoms with E-state index in [0.29, 0.717) is 17.9 Å². The molecule has 1 aromatic heterocycles. The summed E-state index contributed by atoms with van der Waals surface area (Å²) in [5, 5.41) is 6.97. The fraction of sp³-hybridized carbons (Fsp3) is 0.435. The third-order valence-corrected chi connectivity index (χ3v) is 5.27. The number of furan rings is 1. The smallest absolute Gasteiger partial charge is 0.257 e. The van der Waals surface area contributed by atoms with Gasteiger partial charge in [-0.05, 0) is 69.5 Å². The van der Waals surface area contributed by atoms with Crippen molar-refractivity contribution in [2.75, 3.05) is 19.6 Å². The number of hydrazone groups is 1. The van der Waals surface area contributed by atoms with Crippen LogP contribution >= 0.6 is 0 Å². The van der Waals surface area contributed by atoms with Gasteiger partial charge in [-0.25, -0.2) is 5.43 Å². The van der Waals surface area contributed by atoms with Crippen LogP contribution in [0.15, 0.2) is 58.2 Å². The zero-order valence-corrected chi connectivity index (χ0v) is 17.3. The lowest BCUT2D eigenvalue weighted by Gasteiger charge is -2.33. The molecule has 0 radical (unpaired) electrons. The summed E-state index contributed by atoms with van der Waals surface area (Å²) in [6.45, 7) is 2.47. The van der Waals surface area contributed by atoms with Crippen LogP contribution in [0.5, 0.6) is 0 Å². The number of benzene rings is 1. The molecule has 2 amide bonds. The number of hydrogen-bond acceptors (Lipinski definition) is 5. The Morgan fingerprint density at radius 3 is 2.60 bits per heavy atom. The SMILES string of the molecule is O=C(NCCCCC(C(=O)N/N=C/c1ccco1)N1CCCCC1)c1ccccc1. The van der Waals surface area contributed by atoms with E-state index in [9.17, 15) is 9.59 Å². The summed E-state index contributed by atoms with van der Waals surface area (Å²) in [5.41, 5.74) is 3.32. The summed E-state index contributed by atoms with van der Waals surface area (Å²) >= 11 is 0. The number of piperidine rings is 1. The topological polar surface area (TPSA) is 86.9 Å². The lowest BCUT2D eigenvalue weighted by molar-refractivity contribution is -0.127. The Balaban J connectivity index is 1.45. The molecule has 1 atom stereocenters. The zero-order chi connectivity index (χ0) is 21.0. The van der Waals surface area contributed by atoms with Crippen molar-refractivity contribution in [2.24, 2.45) is 5.10 Å².